The smallest absolute Gasteiger partial charge is 0.264 e. The van der Waals surface area contributed by atoms with Crippen LogP contribution in [0.2, 0.25) is 15.1 Å². The standard InChI is InChI=1S/C31H28Cl3N3O4S/c1-35-31(39)29(19-22-9-4-2-5-10-22)36(20-26-27(33)13-8-14-28(26)34)30(38)21-37(24-11-6-3-7-12-24)42(40,41)25-17-15-23(32)16-18-25/h2-18,29H,19-21H2,1H3,(H,35,39). The van der Waals surface area contributed by atoms with Gasteiger partial charge in [0, 0.05) is 40.6 Å². The number of benzene rings is 4. The first-order chi connectivity index (χ1) is 20.1. The molecular weight excluding hydrogens is 617 g/mol. The first-order valence-electron chi connectivity index (χ1n) is 12.9. The van der Waals surface area contributed by atoms with Crippen LogP contribution in [-0.4, -0.2) is 44.8 Å². The van der Waals surface area contributed by atoms with Crippen LogP contribution < -0.4 is 9.62 Å². The zero-order valence-electron chi connectivity index (χ0n) is 22.6. The van der Waals surface area contributed by atoms with Crippen LogP contribution >= 0.6 is 34.8 Å². The third-order valence-corrected chi connectivity index (χ3v) is 9.38. The Hall–Kier alpha value is -3.56. The average Bonchev–Trinajstić information content (AvgIpc) is 2.99. The first-order valence-corrected chi connectivity index (χ1v) is 15.5. The van der Waals surface area contributed by atoms with Crippen molar-refractivity contribution in [2.45, 2.75) is 23.9 Å². The third kappa shape index (κ3) is 7.44. The molecule has 218 valence electrons. The van der Waals surface area contributed by atoms with Gasteiger partial charge in [0.15, 0.2) is 0 Å². The summed E-state index contributed by atoms with van der Waals surface area (Å²) in [6.45, 7) is -0.731. The molecule has 42 heavy (non-hydrogen) atoms. The molecule has 0 bridgehead atoms. The maximum atomic E-state index is 14.3. The van der Waals surface area contributed by atoms with Gasteiger partial charge in [-0.05, 0) is 54.1 Å². The number of anilines is 1. The third-order valence-electron chi connectivity index (χ3n) is 6.63. The number of hydrogen-bond donors (Lipinski definition) is 1. The van der Waals surface area contributed by atoms with Gasteiger partial charge in [0.25, 0.3) is 10.0 Å². The first kappa shape index (κ1) is 31.4. The molecule has 1 unspecified atom stereocenters. The van der Waals surface area contributed by atoms with Gasteiger partial charge in [-0.3, -0.25) is 13.9 Å². The minimum Gasteiger partial charge on any atom is -0.357 e. The van der Waals surface area contributed by atoms with E-state index < -0.39 is 34.4 Å². The molecule has 0 spiro atoms. The van der Waals surface area contributed by atoms with Crippen molar-refractivity contribution < 1.29 is 18.0 Å². The summed E-state index contributed by atoms with van der Waals surface area (Å²) in [4.78, 5) is 28.9. The van der Waals surface area contributed by atoms with Gasteiger partial charge in [-0.2, -0.15) is 0 Å². The van der Waals surface area contributed by atoms with Gasteiger partial charge in [0.05, 0.1) is 10.6 Å². The van der Waals surface area contributed by atoms with Gasteiger partial charge in [-0.15, -0.1) is 0 Å². The van der Waals surface area contributed by atoms with Crippen LogP contribution in [0, 0.1) is 0 Å². The van der Waals surface area contributed by atoms with E-state index in [0.717, 1.165) is 9.87 Å². The summed E-state index contributed by atoms with van der Waals surface area (Å²) in [5.74, 6) is -1.06. The van der Waals surface area contributed by atoms with Crippen LogP contribution in [0.25, 0.3) is 0 Å². The van der Waals surface area contributed by atoms with E-state index in [0.29, 0.717) is 20.6 Å². The Balaban J connectivity index is 1.80. The van der Waals surface area contributed by atoms with Crippen molar-refractivity contribution >= 4 is 62.3 Å². The average molecular weight is 645 g/mol. The monoisotopic (exact) mass is 643 g/mol. The number of carbonyl (C=O) groups is 2. The summed E-state index contributed by atoms with van der Waals surface area (Å²) >= 11 is 19.0. The number of halogens is 3. The van der Waals surface area contributed by atoms with E-state index in [-0.39, 0.29) is 23.5 Å². The topological polar surface area (TPSA) is 86.8 Å². The maximum absolute atomic E-state index is 14.3. The Morgan fingerprint density at radius 2 is 1.36 bits per heavy atom. The van der Waals surface area contributed by atoms with E-state index >= 15 is 0 Å². The van der Waals surface area contributed by atoms with Crippen LogP contribution in [0.3, 0.4) is 0 Å². The number of likely N-dealkylation sites (N-methyl/N-ethyl adjacent to an activating group) is 1. The van der Waals surface area contributed by atoms with E-state index in [1.165, 1.54) is 36.2 Å². The fourth-order valence-electron chi connectivity index (χ4n) is 4.43. The molecule has 1 atom stereocenters. The summed E-state index contributed by atoms with van der Waals surface area (Å²) < 4.78 is 28.8. The number of para-hydroxylation sites is 1. The van der Waals surface area contributed by atoms with E-state index in [9.17, 15) is 18.0 Å². The highest BCUT2D eigenvalue weighted by molar-refractivity contribution is 7.92. The number of nitrogens with one attached hydrogen (secondary N) is 1. The summed E-state index contributed by atoms with van der Waals surface area (Å²) in [5.41, 5.74) is 1.52. The van der Waals surface area contributed by atoms with Crippen molar-refractivity contribution in [3.8, 4) is 0 Å². The molecule has 0 heterocycles. The molecule has 11 heteroatoms. The number of rotatable bonds is 11. The summed E-state index contributed by atoms with van der Waals surface area (Å²) in [6.07, 6.45) is 0.170. The highest BCUT2D eigenvalue weighted by Gasteiger charge is 2.34. The summed E-state index contributed by atoms with van der Waals surface area (Å²) in [7, 11) is -2.75. The molecule has 2 amide bonds. The van der Waals surface area contributed by atoms with Gasteiger partial charge in [-0.1, -0.05) is 89.4 Å². The Bertz CT molecular complexity index is 1620. The molecule has 0 saturated heterocycles. The molecule has 0 aliphatic carbocycles. The number of sulfonamides is 1. The zero-order valence-corrected chi connectivity index (χ0v) is 25.7. The molecule has 7 nitrogen and oxygen atoms in total. The number of hydrogen-bond acceptors (Lipinski definition) is 4. The highest BCUT2D eigenvalue weighted by atomic mass is 35.5. The van der Waals surface area contributed by atoms with Crippen molar-refractivity contribution in [3.05, 3.63) is 129 Å². The van der Waals surface area contributed by atoms with Crippen molar-refractivity contribution in [2.75, 3.05) is 17.9 Å². The lowest BCUT2D eigenvalue weighted by atomic mass is 10.0. The molecule has 4 aromatic rings. The Labute approximate surface area is 260 Å². The maximum Gasteiger partial charge on any atom is 0.264 e. The summed E-state index contributed by atoms with van der Waals surface area (Å²) in [6, 6.07) is 27.1. The molecule has 4 rings (SSSR count). The molecule has 0 aliphatic heterocycles. The van der Waals surface area contributed by atoms with Crippen molar-refractivity contribution in [1.29, 1.82) is 0 Å². The van der Waals surface area contributed by atoms with E-state index in [1.807, 2.05) is 30.3 Å². The minimum absolute atomic E-state index is 0.0450. The highest BCUT2D eigenvalue weighted by Crippen LogP contribution is 2.29. The largest absolute Gasteiger partial charge is 0.357 e. The van der Waals surface area contributed by atoms with Crippen molar-refractivity contribution in [2.24, 2.45) is 0 Å². The Morgan fingerprint density at radius 3 is 1.93 bits per heavy atom. The molecule has 0 saturated carbocycles. The van der Waals surface area contributed by atoms with Crippen LogP contribution in [0.5, 0.6) is 0 Å². The predicted molar refractivity (Wildman–Crippen MR) is 167 cm³/mol. The second kappa shape index (κ2) is 14.1. The molecule has 0 fully saturated rings. The van der Waals surface area contributed by atoms with Crippen LogP contribution in [0.15, 0.2) is 108 Å². The van der Waals surface area contributed by atoms with Crippen molar-refractivity contribution in [1.82, 2.24) is 10.2 Å². The fraction of sp³-hybridized carbons (Fsp3) is 0.161. The second-order valence-electron chi connectivity index (χ2n) is 9.34. The Kier molecular flexibility index (Phi) is 10.5. The molecule has 4 aromatic carbocycles. The molecular formula is C31H28Cl3N3O4S. The van der Waals surface area contributed by atoms with Crippen molar-refractivity contribution in [3.63, 3.8) is 0 Å². The normalized spacial score (nSPS) is 11.9. The van der Waals surface area contributed by atoms with E-state index in [1.54, 1.807) is 48.5 Å². The lowest BCUT2D eigenvalue weighted by molar-refractivity contribution is -0.139. The van der Waals surface area contributed by atoms with Gasteiger partial charge < -0.3 is 10.2 Å². The summed E-state index contributed by atoms with van der Waals surface area (Å²) in [5, 5.41) is 3.63. The van der Waals surface area contributed by atoms with Crippen LogP contribution in [-0.2, 0) is 32.6 Å². The zero-order chi connectivity index (χ0) is 30.3. The van der Waals surface area contributed by atoms with Gasteiger partial charge >= 0.3 is 0 Å². The van der Waals surface area contributed by atoms with Gasteiger partial charge in [0.1, 0.15) is 12.6 Å². The Morgan fingerprint density at radius 1 is 0.786 bits per heavy atom. The molecule has 1 N–H and O–H groups in total. The fourth-order valence-corrected chi connectivity index (χ4v) is 6.49. The SMILES string of the molecule is CNC(=O)C(Cc1ccccc1)N(Cc1c(Cl)cccc1Cl)C(=O)CN(c1ccccc1)S(=O)(=O)c1ccc(Cl)cc1. The number of nitrogens with zero attached hydrogens (tertiary/aromatic N) is 2. The number of amides is 2. The van der Waals surface area contributed by atoms with E-state index in [2.05, 4.69) is 5.32 Å². The van der Waals surface area contributed by atoms with Gasteiger partial charge in [0.2, 0.25) is 11.8 Å². The van der Waals surface area contributed by atoms with Gasteiger partial charge in [-0.25, -0.2) is 8.42 Å². The lowest BCUT2D eigenvalue weighted by Crippen LogP contribution is -2.53. The molecule has 0 aromatic heterocycles. The van der Waals surface area contributed by atoms with E-state index in [4.69, 9.17) is 34.8 Å². The predicted octanol–water partition coefficient (Wildman–Crippen LogP) is 6.23. The second-order valence-corrected chi connectivity index (χ2v) is 12.5. The quantitative estimate of drug-likeness (QED) is 0.210. The molecule has 0 aliphatic rings. The van der Waals surface area contributed by atoms with Crippen LogP contribution in [0.1, 0.15) is 11.1 Å². The number of carbonyl (C=O) groups excluding carboxylic acids is 2. The lowest BCUT2D eigenvalue weighted by Gasteiger charge is -2.34. The minimum atomic E-state index is -4.22. The molecule has 0 radical (unpaired) electrons. The van der Waals surface area contributed by atoms with Crippen LogP contribution in [0.4, 0.5) is 5.69 Å².